The first-order valence-electron chi connectivity index (χ1n) is 6.41. The Bertz CT molecular complexity index is 628. The number of pyridine rings is 1. The average Bonchev–Trinajstić information content (AvgIpc) is 2.35. The number of nitrogens with zero attached hydrogens (tertiary/aromatic N) is 2. The largest absolute Gasteiger partial charge is 0.370 e. The summed E-state index contributed by atoms with van der Waals surface area (Å²) in [4.78, 5) is 14.6. The van der Waals surface area contributed by atoms with E-state index in [4.69, 9.17) is 0 Å². The third kappa shape index (κ3) is 4.28. The van der Waals surface area contributed by atoms with Crippen molar-refractivity contribution in [1.29, 1.82) is 0 Å². The molecular weight excluding hydrogens is 296 g/mol. The molecule has 0 aliphatic rings. The van der Waals surface area contributed by atoms with E-state index >= 15 is 0 Å². The molecule has 0 spiro atoms. The van der Waals surface area contributed by atoms with Crippen molar-refractivity contribution < 1.29 is 13.3 Å². The van der Waals surface area contributed by atoms with Crippen LogP contribution in [0.5, 0.6) is 0 Å². The fourth-order valence-corrected chi connectivity index (χ4v) is 1.77. The Balaban J connectivity index is 3.05. The Morgan fingerprint density at radius 2 is 1.95 bits per heavy atom. The number of hydrogen-bond acceptors (Lipinski definition) is 7. The third-order valence-electron chi connectivity index (χ3n) is 3.11. The number of sulfone groups is 1. The molecule has 21 heavy (non-hydrogen) atoms. The van der Waals surface area contributed by atoms with E-state index in [-0.39, 0.29) is 18.1 Å². The Hall–Kier alpha value is -1.90. The van der Waals surface area contributed by atoms with Gasteiger partial charge in [0.2, 0.25) is 5.82 Å². The summed E-state index contributed by atoms with van der Waals surface area (Å²) in [7, 11) is -3.30. The summed E-state index contributed by atoms with van der Waals surface area (Å²) < 4.78 is 22.3. The predicted molar refractivity (Wildman–Crippen MR) is 82.5 cm³/mol. The molecule has 8 nitrogen and oxygen atoms in total. The van der Waals surface area contributed by atoms with E-state index in [0.717, 1.165) is 6.26 Å². The van der Waals surface area contributed by atoms with Gasteiger partial charge in [-0.3, -0.25) is 10.1 Å². The van der Waals surface area contributed by atoms with Gasteiger partial charge in [0, 0.05) is 25.4 Å². The average molecular weight is 316 g/mol. The van der Waals surface area contributed by atoms with E-state index in [1.165, 1.54) is 12.1 Å². The lowest BCUT2D eigenvalue weighted by Gasteiger charge is -2.23. The van der Waals surface area contributed by atoms with Crippen molar-refractivity contribution in [2.75, 3.05) is 30.0 Å². The number of aromatic nitrogens is 1. The Labute approximate surface area is 124 Å². The van der Waals surface area contributed by atoms with Gasteiger partial charge in [0.1, 0.15) is 5.82 Å². The molecule has 0 saturated heterocycles. The maximum Gasteiger partial charge on any atom is 0.311 e. The van der Waals surface area contributed by atoms with Crippen molar-refractivity contribution in [2.45, 2.75) is 25.5 Å². The van der Waals surface area contributed by atoms with Crippen LogP contribution in [0.1, 0.15) is 20.8 Å². The molecule has 1 aromatic heterocycles. The zero-order valence-corrected chi connectivity index (χ0v) is 13.3. The fourth-order valence-electron chi connectivity index (χ4n) is 1.44. The fraction of sp³-hybridized carbons (Fsp3) is 0.583. The smallest absolute Gasteiger partial charge is 0.311 e. The number of nitro groups is 1. The Morgan fingerprint density at radius 3 is 2.43 bits per heavy atom. The van der Waals surface area contributed by atoms with Crippen LogP contribution >= 0.6 is 0 Å². The summed E-state index contributed by atoms with van der Waals surface area (Å²) >= 11 is 0. The van der Waals surface area contributed by atoms with Gasteiger partial charge < -0.3 is 10.6 Å². The van der Waals surface area contributed by atoms with Crippen LogP contribution in [0.3, 0.4) is 0 Å². The second-order valence-electron chi connectivity index (χ2n) is 5.24. The monoisotopic (exact) mass is 316 g/mol. The maximum atomic E-state index is 11.7. The molecule has 0 aromatic carbocycles. The molecule has 9 heteroatoms. The van der Waals surface area contributed by atoms with Gasteiger partial charge in [-0.25, -0.2) is 13.4 Å². The summed E-state index contributed by atoms with van der Waals surface area (Å²) in [6.07, 6.45) is 1.13. The summed E-state index contributed by atoms with van der Waals surface area (Å²) in [6.45, 7) is 5.63. The molecule has 1 aromatic rings. The van der Waals surface area contributed by atoms with Crippen molar-refractivity contribution in [3.8, 4) is 0 Å². The molecule has 0 aliphatic heterocycles. The first kappa shape index (κ1) is 17.2. The van der Waals surface area contributed by atoms with E-state index in [0.29, 0.717) is 12.4 Å². The minimum atomic E-state index is -3.30. The number of hydrogen-bond donors (Lipinski definition) is 2. The van der Waals surface area contributed by atoms with Crippen LogP contribution in [0.2, 0.25) is 0 Å². The molecule has 0 saturated carbocycles. The van der Waals surface area contributed by atoms with Gasteiger partial charge in [0.05, 0.1) is 9.67 Å². The summed E-state index contributed by atoms with van der Waals surface area (Å²) in [5, 5.41) is 16.7. The molecule has 0 fully saturated rings. The van der Waals surface area contributed by atoms with Crippen LogP contribution in [0.4, 0.5) is 17.3 Å². The molecule has 0 unspecified atom stereocenters. The third-order valence-corrected chi connectivity index (χ3v) is 5.27. The number of rotatable bonds is 7. The lowest BCUT2D eigenvalue weighted by atomic mass is 10.2. The van der Waals surface area contributed by atoms with Crippen molar-refractivity contribution in [2.24, 2.45) is 0 Å². The Kier molecular flexibility index (Phi) is 5.10. The summed E-state index contributed by atoms with van der Waals surface area (Å²) in [5.74, 6) is 0.540. The highest BCUT2D eigenvalue weighted by Crippen LogP contribution is 2.25. The van der Waals surface area contributed by atoms with Crippen LogP contribution in [0.15, 0.2) is 12.1 Å². The molecular formula is C12H20N4O4S. The van der Waals surface area contributed by atoms with Crippen LogP contribution in [-0.2, 0) is 9.84 Å². The minimum Gasteiger partial charge on any atom is -0.370 e. The molecule has 0 aliphatic carbocycles. The predicted octanol–water partition coefficient (Wildman–Crippen LogP) is 1.66. The second-order valence-corrected chi connectivity index (χ2v) is 7.89. The van der Waals surface area contributed by atoms with Crippen LogP contribution in [-0.4, -0.2) is 42.4 Å². The quantitative estimate of drug-likeness (QED) is 0.580. The second kappa shape index (κ2) is 6.25. The first-order chi connectivity index (χ1) is 9.58. The minimum absolute atomic E-state index is 0.0231. The van der Waals surface area contributed by atoms with Gasteiger partial charge in [-0.1, -0.05) is 0 Å². The zero-order valence-electron chi connectivity index (χ0n) is 12.5. The molecule has 0 amide bonds. The van der Waals surface area contributed by atoms with Gasteiger partial charge >= 0.3 is 5.69 Å². The molecule has 0 radical (unpaired) electrons. The zero-order chi connectivity index (χ0) is 16.3. The summed E-state index contributed by atoms with van der Waals surface area (Å²) in [6, 6.07) is 2.84. The maximum absolute atomic E-state index is 11.7. The molecule has 2 N–H and O–H groups in total. The van der Waals surface area contributed by atoms with Gasteiger partial charge in [0.25, 0.3) is 0 Å². The molecule has 0 bridgehead atoms. The topological polar surface area (TPSA) is 114 Å². The van der Waals surface area contributed by atoms with E-state index in [1.54, 1.807) is 13.8 Å². The van der Waals surface area contributed by atoms with Crippen LogP contribution in [0.25, 0.3) is 0 Å². The standard InChI is InChI=1S/C12H20N4O4S/c1-5-13-10-7-6-9(16(17)18)11(15-10)14-8-12(2,3)21(4,19)20/h6-7H,5,8H2,1-4H3,(H2,13,14,15). The number of anilines is 2. The van der Waals surface area contributed by atoms with Crippen LogP contribution in [0, 0.1) is 10.1 Å². The van der Waals surface area contributed by atoms with E-state index in [9.17, 15) is 18.5 Å². The number of nitrogens with one attached hydrogen (secondary N) is 2. The SMILES string of the molecule is CCNc1ccc([N+](=O)[O-])c(NCC(C)(C)S(C)(=O)=O)n1. The van der Waals surface area contributed by atoms with Gasteiger partial charge in [-0.15, -0.1) is 0 Å². The van der Waals surface area contributed by atoms with Crippen molar-refractivity contribution >= 4 is 27.2 Å². The highest BCUT2D eigenvalue weighted by Gasteiger charge is 2.31. The molecule has 1 heterocycles. The highest BCUT2D eigenvalue weighted by molar-refractivity contribution is 7.92. The van der Waals surface area contributed by atoms with Gasteiger partial charge in [-0.05, 0) is 26.8 Å². The lowest BCUT2D eigenvalue weighted by molar-refractivity contribution is -0.384. The van der Waals surface area contributed by atoms with E-state index in [2.05, 4.69) is 15.6 Å². The van der Waals surface area contributed by atoms with Crippen molar-refractivity contribution in [1.82, 2.24) is 4.98 Å². The Morgan fingerprint density at radius 1 is 1.33 bits per heavy atom. The highest BCUT2D eigenvalue weighted by atomic mass is 32.2. The first-order valence-corrected chi connectivity index (χ1v) is 8.30. The van der Waals surface area contributed by atoms with Crippen molar-refractivity contribution in [3.05, 3.63) is 22.2 Å². The normalized spacial score (nSPS) is 12.0. The van der Waals surface area contributed by atoms with Gasteiger partial charge in [-0.2, -0.15) is 0 Å². The molecule has 1 rings (SSSR count). The molecule has 0 atom stereocenters. The van der Waals surface area contributed by atoms with E-state index < -0.39 is 19.5 Å². The van der Waals surface area contributed by atoms with Crippen molar-refractivity contribution in [3.63, 3.8) is 0 Å². The van der Waals surface area contributed by atoms with Crippen LogP contribution < -0.4 is 10.6 Å². The van der Waals surface area contributed by atoms with E-state index in [1.807, 2.05) is 6.92 Å². The van der Waals surface area contributed by atoms with Gasteiger partial charge in [0.15, 0.2) is 9.84 Å². The lowest BCUT2D eigenvalue weighted by Crippen LogP contribution is -2.38. The molecule has 118 valence electrons. The summed E-state index contributed by atoms with van der Waals surface area (Å²) in [5.41, 5.74) is -0.194.